The Morgan fingerprint density at radius 2 is 1.90 bits per heavy atom. The van der Waals surface area contributed by atoms with Crippen LogP contribution in [0.1, 0.15) is 17.3 Å². The van der Waals surface area contributed by atoms with Gasteiger partial charge in [-0.3, -0.25) is 4.79 Å². The number of nitrogens with one attached hydrogen (secondary N) is 2. The first-order valence-corrected chi connectivity index (χ1v) is 6.17. The van der Waals surface area contributed by atoms with Gasteiger partial charge in [0.2, 0.25) is 0 Å². The standard InChI is InChI=1S/C14H12F3N3O/c1-2-18-11-6-3-8(7-19-11)14(21)20-10-5-4-9(15)12(16)13(10)17/h3-7H,2H2,1H3,(H,18,19)(H,20,21). The molecule has 0 bridgehead atoms. The predicted molar refractivity (Wildman–Crippen MR) is 72.7 cm³/mol. The molecule has 1 amide bonds. The van der Waals surface area contributed by atoms with Gasteiger partial charge in [-0.25, -0.2) is 18.2 Å². The highest BCUT2D eigenvalue weighted by atomic mass is 19.2. The van der Waals surface area contributed by atoms with E-state index in [0.29, 0.717) is 12.4 Å². The van der Waals surface area contributed by atoms with Crippen LogP contribution >= 0.6 is 0 Å². The lowest BCUT2D eigenvalue weighted by molar-refractivity contribution is 0.102. The first-order valence-electron chi connectivity index (χ1n) is 6.17. The zero-order valence-electron chi connectivity index (χ0n) is 11.1. The van der Waals surface area contributed by atoms with Crippen LogP contribution in [0.4, 0.5) is 24.7 Å². The third-order valence-electron chi connectivity index (χ3n) is 2.67. The molecule has 1 aromatic carbocycles. The van der Waals surface area contributed by atoms with Gasteiger partial charge in [-0.1, -0.05) is 0 Å². The summed E-state index contributed by atoms with van der Waals surface area (Å²) in [6, 6.07) is 4.75. The highest BCUT2D eigenvalue weighted by molar-refractivity contribution is 6.04. The van der Waals surface area contributed by atoms with E-state index in [9.17, 15) is 18.0 Å². The molecule has 0 saturated carbocycles. The van der Waals surface area contributed by atoms with Crippen molar-refractivity contribution in [1.29, 1.82) is 0 Å². The van der Waals surface area contributed by atoms with Crippen LogP contribution in [0.5, 0.6) is 0 Å². The molecule has 21 heavy (non-hydrogen) atoms. The number of benzene rings is 1. The van der Waals surface area contributed by atoms with Crippen molar-refractivity contribution in [2.24, 2.45) is 0 Å². The number of pyridine rings is 1. The van der Waals surface area contributed by atoms with E-state index in [-0.39, 0.29) is 5.56 Å². The van der Waals surface area contributed by atoms with Crippen molar-refractivity contribution in [3.05, 3.63) is 53.5 Å². The zero-order valence-corrected chi connectivity index (χ0v) is 11.1. The smallest absolute Gasteiger partial charge is 0.257 e. The molecule has 0 unspecified atom stereocenters. The van der Waals surface area contributed by atoms with E-state index in [1.807, 2.05) is 6.92 Å². The van der Waals surface area contributed by atoms with E-state index in [1.54, 1.807) is 6.07 Å². The summed E-state index contributed by atoms with van der Waals surface area (Å²) in [6.07, 6.45) is 1.30. The van der Waals surface area contributed by atoms with Crippen LogP contribution in [0.2, 0.25) is 0 Å². The largest absolute Gasteiger partial charge is 0.370 e. The first kappa shape index (κ1) is 14.8. The number of rotatable bonds is 4. The van der Waals surface area contributed by atoms with E-state index >= 15 is 0 Å². The Kier molecular flexibility index (Phi) is 4.42. The Bertz CT molecular complexity index is 659. The minimum absolute atomic E-state index is 0.167. The van der Waals surface area contributed by atoms with Crippen molar-refractivity contribution in [3.63, 3.8) is 0 Å². The molecule has 0 atom stereocenters. The van der Waals surface area contributed by atoms with Crippen molar-refractivity contribution in [3.8, 4) is 0 Å². The Hall–Kier alpha value is -2.57. The highest BCUT2D eigenvalue weighted by Crippen LogP contribution is 2.20. The fourth-order valence-electron chi connectivity index (χ4n) is 1.63. The zero-order chi connectivity index (χ0) is 15.4. The molecule has 0 aliphatic carbocycles. The second-order valence-electron chi connectivity index (χ2n) is 4.14. The molecule has 1 aromatic heterocycles. The van der Waals surface area contributed by atoms with Gasteiger partial charge in [-0.2, -0.15) is 0 Å². The molecule has 4 nitrogen and oxygen atoms in total. The predicted octanol–water partition coefficient (Wildman–Crippen LogP) is 3.18. The van der Waals surface area contributed by atoms with Crippen molar-refractivity contribution in [1.82, 2.24) is 4.98 Å². The summed E-state index contributed by atoms with van der Waals surface area (Å²) in [5, 5.41) is 5.12. The van der Waals surface area contributed by atoms with E-state index in [2.05, 4.69) is 15.6 Å². The van der Waals surface area contributed by atoms with Gasteiger partial charge in [0.05, 0.1) is 11.3 Å². The third-order valence-corrected chi connectivity index (χ3v) is 2.67. The van der Waals surface area contributed by atoms with Crippen molar-refractivity contribution in [2.75, 3.05) is 17.2 Å². The number of amides is 1. The van der Waals surface area contributed by atoms with Gasteiger partial charge in [0.15, 0.2) is 17.5 Å². The maximum atomic E-state index is 13.4. The quantitative estimate of drug-likeness (QED) is 0.852. The lowest BCUT2D eigenvalue weighted by Crippen LogP contribution is -2.14. The Labute approximate surface area is 119 Å². The van der Waals surface area contributed by atoms with Gasteiger partial charge in [-0.05, 0) is 31.2 Å². The molecule has 7 heteroatoms. The maximum Gasteiger partial charge on any atom is 0.257 e. The minimum Gasteiger partial charge on any atom is -0.370 e. The van der Waals surface area contributed by atoms with Crippen LogP contribution in [0.3, 0.4) is 0 Å². The van der Waals surface area contributed by atoms with Gasteiger partial charge >= 0.3 is 0 Å². The Balaban J connectivity index is 2.16. The topological polar surface area (TPSA) is 54.0 Å². The van der Waals surface area contributed by atoms with E-state index in [4.69, 9.17) is 0 Å². The molecule has 0 spiro atoms. The normalized spacial score (nSPS) is 10.3. The molecule has 2 rings (SSSR count). The van der Waals surface area contributed by atoms with Crippen LogP contribution in [-0.4, -0.2) is 17.4 Å². The summed E-state index contributed by atoms with van der Waals surface area (Å²) in [4.78, 5) is 15.9. The molecule has 0 saturated heterocycles. The number of anilines is 2. The number of carbonyl (C=O) groups is 1. The number of nitrogens with zero attached hydrogens (tertiary/aromatic N) is 1. The van der Waals surface area contributed by atoms with Gasteiger partial charge in [0.1, 0.15) is 5.82 Å². The van der Waals surface area contributed by atoms with E-state index in [1.165, 1.54) is 12.3 Å². The molecule has 0 fully saturated rings. The molecule has 1 heterocycles. The number of aromatic nitrogens is 1. The van der Waals surface area contributed by atoms with Crippen LogP contribution in [-0.2, 0) is 0 Å². The van der Waals surface area contributed by atoms with Gasteiger partial charge in [0, 0.05) is 12.7 Å². The molecular formula is C14H12F3N3O. The van der Waals surface area contributed by atoms with E-state index < -0.39 is 29.0 Å². The molecule has 0 aliphatic rings. The SMILES string of the molecule is CCNc1ccc(C(=O)Nc2ccc(F)c(F)c2F)cn1. The monoisotopic (exact) mass is 295 g/mol. The van der Waals surface area contributed by atoms with Crippen molar-refractivity contribution >= 4 is 17.4 Å². The molecule has 110 valence electrons. The number of halogens is 3. The first-order chi connectivity index (χ1) is 10.0. The average molecular weight is 295 g/mol. The average Bonchev–Trinajstić information content (AvgIpc) is 2.49. The fourth-order valence-corrected chi connectivity index (χ4v) is 1.63. The van der Waals surface area contributed by atoms with Crippen LogP contribution in [0.15, 0.2) is 30.5 Å². The molecular weight excluding hydrogens is 283 g/mol. The highest BCUT2D eigenvalue weighted by Gasteiger charge is 2.16. The number of carbonyl (C=O) groups excluding carboxylic acids is 1. The molecule has 2 N–H and O–H groups in total. The summed E-state index contributed by atoms with van der Waals surface area (Å²) < 4.78 is 39.3. The lowest BCUT2D eigenvalue weighted by Gasteiger charge is -2.08. The molecule has 0 radical (unpaired) electrons. The summed E-state index contributed by atoms with van der Waals surface area (Å²) in [7, 11) is 0. The van der Waals surface area contributed by atoms with Crippen LogP contribution < -0.4 is 10.6 Å². The second-order valence-corrected chi connectivity index (χ2v) is 4.14. The third kappa shape index (κ3) is 3.31. The summed E-state index contributed by atoms with van der Waals surface area (Å²) in [5.74, 6) is -4.47. The number of hydrogen-bond acceptors (Lipinski definition) is 3. The fraction of sp³-hybridized carbons (Fsp3) is 0.143. The molecule has 0 aliphatic heterocycles. The maximum absolute atomic E-state index is 13.4. The summed E-state index contributed by atoms with van der Waals surface area (Å²) >= 11 is 0. The lowest BCUT2D eigenvalue weighted by atomic mass is 10.2. The van der Waals surface area contributed by atoms with Crippen LogP contribution in [0, 0.1) is 17.5 Å². The summed E-state index contributed by atoms with van der Waals surface area (Å²) in [6.45, 7) is 2.58. The van der Waals surface area contributed by atoms with Crippen molar-refractivity contribution < 1.29 is 18.0 Å². The molecule has 2 aromatic rings. The Morgan fingerprint density at radius 1 is 1.14 bits per heavy atom. The van der Waals surface area contributed by atoms with Crippen LogP contribution in [0.25, 0.3) is 0 Å². The van der Waals surface area contributed by atoms with Gasteiger partial charge in [-0.15, -0.1) is 0 Å². The van der Waals surface area contributed by atoms with Gasteiger partial charge < -0.3 is 10.6 Å². The van der Waals surface area contributed by atoms with Gasteiger partial charge in [0.25, 0.3) is 5.91 Å². The van der Waals surface area contributed by atoms with Crippen molar-refractivity contribution in [2.45, 2.75) is 6.92 Å². The van der Waals surface area contributed by atoms with E-state index in [0.717, 1.165) is 12.1 Å². The number of hydrogen-bond donors (Lipinski definition) is 2. The Morgan fingerprint density at radius 3 is 2.52 bits per heavy atom. The summed E-state index contributed by atoms with van der Waals surface area (Å²) in [5.41, 5.74) is -0.268. The second kappa shape index (κ2) is 6.25. The minimum atomic E-state index is -1.63.